The van der Waals surface area contributed by atoms with Crippen LogP contribution in [0.15, 0.2) is 279 Å². The van der Waals surface area contributed by atoms with Gasteiger partial charge in [0, 0.05) is 63.1 Å². The molecule has 2 aromatic heterocycles. The van der Waals surface area contributed by atoms with Gasteiger partial charge in [0.1, 0.15) is 35.5 Å². The van der Waals surface area contributed by atoms with Crippen molar-refractivity contribution in [3.05, 3.63) is 290 Å². The average Bonchev–Trinajstić information content (AvgIpc) is 0.811. The van der Waals surface area contributed by atoms with Crippen LogP contribution in [0.4, 0.5) is 22.7 Å². The minimum atomic E-state index is -0.609. The molecule has 0 N–H and O–H groups in total. The summed E-state index contributed by atoms with van der Waals surface area (Å²) in [7, 11) is 0. The molecule has 14 rings (SSSR count). The van der Waals surface area contributed by atoms with Gasteiger partial charge >= 0.3 is 0 Å². The second-order valence-corrected chi connectivity index (χ2v) is 23.0. The first kappa shape index (κ1) is 35.6. The maximum atomic E-state index is 9.32. The van der Waals surface area contributed by atoms with Gasteiger partial charge in [0.25, 0.3) is 0 Å². The summed E-state index contributed by atoms with van der Waals surface area (Å²) in [6, 6.07) is 34.8. The second kappa shape index (κ2) is 22.0. The zero-order chi connectivity index (χ0) is 75.9. The lowest BCUT2D eigenvalue weighted by molar-refractivity contribution is 0.483. The maximum absolute atomic E-state index is 9.32. The van der Waals surface area contributed by atoms with Crippen LogP contribution in [0.25, 0.3) is 83.3 Å². The van der Waals surface area contributed by atoms with Crippen LogP contribution in [0.3, 0.4) is 0 Å². The lowest BCUT2D eigenvalue weighted by Gasteiger charge is -2.27. The van der Waals surface area contributed by atoms with Gasteiger partial charge in [-0.15, -0.1) is 0 Å². The molecule has 418 valence electrons. The molecule has 0 spiro atoms. The quantitative estimate of drug-likeness (QED) is 0.122. The van der Waals surface area contributed by atoms with Crippen molar-refractivity contribution >= 4 is 44.6 Å². The number of benzene rings is 11. The minimum absolute atomic E-state index is 0.00474. The zero-order valence-electron chi connectivity index (χ0n) is 67.8. The SMILES string of the molecule is [2H]c1c([2H])c([2H])c(-c2ccc3c(c2)c2ccc(Oc4cccc(N5CN(c6c(-c7c([2H])c([2H])c([2H])c([2H])c7[2H])cccc6-c6c([2H])c([2H])c([2H])c([2H])c6[2H])c6ccccc65)c4)cc2n3-c2cc(Oc3c(-c4ccc(C(C)(C)C)cc4)cc(C(C)(C)C)cc3-c3c([2H])c([2H])c([2H])c([2H])c3[2H])ccn2)c([2H])c1[2H]. The third-order valence-corrected chi connectivity index (χ3v) is 15.4. The summed E-state index contributed by atoms with van der Waals surface area (Å²) in [5, 5.41) is 1.24. The molecule has 1 aliphatic rings. The molecule has 13 aromatic rings. The van der Waals surface area contributed by atoms with Gasteiger partial charge in [-0.1, -0.05) is 229 Å². The molecule has 11 aromatic carbocycles. The van der Waals surface area contributed by atoms with Crippen LogP contribution in [-0.2, 0) is 10.8 Å². The molecular weight excluding hydrogens is 1050 g/mol. The molecule has 0 aliphatic carbocycles. The highest BCUT2D eigenvalue weighted by atomic mass is 16.5. The van der Waals surface area contributed by atoms with Crippen LogP contribution in [0.1, 0.15) is 80.1 Å². The topological polar surface area (TPSA) is 42.8 Å². The number of anilines is 4. The van der Waals surface area contributed by atoms with E-state index in [4.69, 9.17) is 39.1 Å². The van der Waals surface area contributed by atoms with E-state index >= 15 is 0 Å². The Labute approximate surface area is 532 Å². The Morgan fingerprint density at radius 3 is 1.57 bits per heavy atom. The highest BCUT2D eigenvalue weighted by molar-refractivity contribution is 6.11. The van der Waals surface area contributed by atoms with Gasteiger partial charge < -0.3 is 19.3 Å². The molecule has 6 nitrogen and oxygen atoms in total. The van der Waals surface area contributed by atoms with E-state index in [2.05, 4.69) is 20.8 Å². The molecule has 86 heavy (non-hydrogen) atoms. The fourth-order valence-corrected chi connectivity index (χ4v) is 11.2. The van der Waals surface area contributed by atoms with Gasteiger partial charge in [0.2, 0.25) is 0 Å². The number of rotatable bonds is 12. The normalized spacial score (nSPS) is 15.7. The van der Waals surface area contributed by atoms with Crippen molar-refractivity contribution in [1.29, 1.82) is 0 Å². The highest BCUT2D eigenvalue weighted by Crippen LogP contribution is 2.51. The van der Waals surface area contributed by atoms with E-state index in [-0.39, 0.29) is 80.3 Å². The summed E-state index contributed by atoms with van der Waals surface area (Å²) < 4.78 is 193. The molecule has 0 bridgehead atoms. The van der Waals surface area contributed by atoms with Crippen LogP contribution in [-0.4, -0.2) is 16.2 Å². The third-order valence-electron chi connectivity index (χ3n) is 15.4. The maximum Gasteiger partial charge on any atom is 0.143 e. The van der Waals surface area contributed by atoms with E-state index < -0.39 is 114 Å². The predicted molar refractivity (Wildman–Crippen MR) is 358 cm³/mol. The van der Waals surface area contributed by atoms with E-state index in [1.54, 1.807) is 79.0 Å². The summed E-state index contributed by atoms with van der Waals surface area (Å²) in [4.78, 5) is 8.74. The Morgan fingerprint density at radius 2 is 0.942 bits per heavy atom. The van der Waals surface area contributed by atoms with Crippen molar-refractivity contribution in [2.24, 2.45) is 0 Å². The summed E-state index contributed by atoms with van der Waals surface area (Å²) in [5.74, 6) is 1.48. The smallest absolute Gasteiger partial charge is 0.143 e. The summed E-state index contributed by atoms with van der Waals surface area (Å²) in [6.45, 7) is 12.4. The van der Waals surface area contributed by atoms with Crippen molar-refractivity contribution in [2.75, 3.05) is 16.5 Å². The van der Waals surface area contributed by atoms with Crippen molar-refractivity contribution in [3.8, 4) is 84.5 Å². The summed E-state index contributed by atoms with van der Waals surface area (Å²) >= 11 is 0. The molecule has 0 saturated heterocycles. The van der Waals surface area contributed by atoms with Crippen LogP contribution >= 0.6 is 0 Å². The van der Waals surface area contributed by atoms with E-state index in [1.807, 2.05) is 114 Å². The molecule has 0 unspecified atom stereocenters. The van der Waals surface area contributed by atoms with Crippen LogP contribution < -0.4 is 19.3 Å². The van der Waals surface area contributed by atoms with Crippen molar-refractivity contribution in [1.82, 2.24) is 9.55 Å². The fourth-order valence-electron chi connectivity index (χ4n) is 11.2. The summed E-state index contributed by atoms with van der Waals surface area (Å²) in [5.41, 5.74) is 6.11. The van der Waals surface area contributed by atoms with Gasteiger partial charge in [0.05, 0.1) is 55.5 Å². The van der Waals surface area contributed by atoms with E-state index in [1.165, 1.54) is 0 Å². The molecule has 6 heteroatoms. The van der Waals surface area contributed by atoms with Crippen LogP contribution in [0.5, 0.6) is 23.0 Å². The molecule has 0 atom stereocenters. The van der Waals surface area contributed by atoms with Gasteiger partial charge in [-0.05, 0) is 122 Å². The molecule has 3 heterocycles. The number of para-hydroxylation sites is 3. The van der Waals surface area contributed by atoms with E-state index in [0.29, 0.717) is 67.3 Å². The van der Waals surface area contributed by atoms with Crippen LogP contribution in [0, 0.1) is 0 Å². The first-order valence-electron chi connectivity index (χ1n) is 38.0. The van der Waals surface area contributed by atoms with E-state index in [0.717, 1.165) is 16.7 Å². The zero-order valence-corrected chi connectivity index (χ0v) is 47.8. The average molecular weight is 1140 g/mol. The number of fused-ring (bicyclic) bond motifs is 4. The number of hydrogen-bond acceptors (Lipinski definition) is 5. The molecule has 0 amide bonds. The lowest BCUT2D eigenvalue weighted by atomic mass is 9.82. The largest absolute Gasteiger partial charge is 0.457 e. The van der Waals surface area contributed by atoms with Crippen molar-refractivity contribution in [3.63, 3.8) is 0 Å². The standard InChI is InChI=1S/C80H66N4O2/c1-79(2,3)60-40-37-58(38-41-60)70-49-61(80(4,5)6)48-69(57-29-17-10-18-30-57)78(70)86-65-45-46-81-76(52-65)84-72-44-39-59(54-23-11-7-12-24-54)47-71(72)68-43-42-64(51-75(68)84)85-63-32-21-31-62(50-63)82-53-83(74-36-20-19-35-73(74)82)77-66(55-25-13-8-14-26-55)33-22-34-67(77)56-27-15-9-16-28-56/h7-52H,53H2,1-6H3/i7D,8D,9D,10D,11D,12D,13D,14D,15D,16D,17D,18D,23D,24D,25D,26D,27D,28D,29D,30D. The Kier molecular flexibility index (Phi) is 9.10. The monoisotopic (exact) mass is 1130 g/mol. The number of hydrogen-bond donors (Lipinski definition) is 0. The number of pyridine rings is 1. The summed E-state index contributed by atoms with van der Waals surface area (Å²) in [6.07, 6.45) is 1.56. The third kappa shape index (κ3) is 10.2. The molecule has 0 radical (unpaired) electrons. The Morgan fingerprint density at radius 1 is 0.395 bits per heavy atom. The van der Waals surface area contributed by atoms with Crippen LogP contribution in [0.2, 0.25) is 0 Å². The fraction of sp³-hybridized carbons (Fsp3) is 0.113. The Hall–Kier alpha value is -10.4. The molecule has 0 saturated carbocycles. The minimum Gasteiger partial charge on any atom is -0.457 e. The molecule has 0 fully saturated rings. The van der Waals surface area contributed by atoms with Gasteiger partial charge in [0.15, 0.2) is 0 Å². The Balaban J connectivity index is 0.911. The number of aromatic nitrogens is 2. The highest BCUT2D eigenvalue weighted by Gasteiger charge is 2.32. The first-order chi connectivity index (χ1) is 50.2. The first-order valence-corrected chi connectivity index (χ1v) is 28.0. The predicted octanol–water partition coefficient (Wildman–Crippen LogP) is 21.9. The van der Waals surface area contributed by atoms with Gasteiger partial charge in [-0.25, -0.2) is 4.98 Å². The number of ether oxygens (including phenoxy) is 2. The molecular formula is C80H66N4O2. The van der Waals surface area contributed by atoms with Crippen molar-refractivity contribution < 1.29 is 36.9 Å². The van der Waals surface area contributed by atoms with E-state index in [9.17, 15) is 2.74 Å². The second-order valence-electron chi connectivity index (χ2n) is 23.0. The number of nitrogens with zero attached hydrogens (tertiary/aromatic N) is 4. The lowest BCUT2D eigenvalue weighted by Crippen LogP contribution is -2.24. The van der Waals surface area contributed by atoms with Gasteiger partial charge in [-0.2, -0.15) is 0 Å². The Bertz CT molecular complexity index is 5680. The molecule has 1 aliphatic heterocycles. The van der Waals surface area contributed by atoms with Gasteiger partial charge in [-0.3, -0.25) is 4.57 Å². The van der Waals surface area contributed by atoms with Crippen molar-refractivity contribution in [2.45, 2.75) is 52.4 Å².